The molecule has 8 rings (SSSR count). The third kappa shape index (κ3) is 7.88. The molecule has 6 atom stereocenters. The minimum absolute atomic E-state index is 0.0319. The number of nitrogens with zero attached hydrogens (tertiary/aromatic N) is 3. The van der Waals surface area contributed by atoms with E-state index < -0.39 is 26.8 Å². The van der Waals surface area contributed by atoms with Crippen LogP contribution >= 0.6 is 11.6 Å². The van der Waals surface area contributed by atoms with Crippen molar-refractivity contribution < 1.29 is 32.2 Å². The minimum atomic E-state index is -4.11. The summed E-state index contributed by atoms with van der Waals surface area (Å²) >= 11 is 6.53. The second-order valence-corrected chi connectivity index (χ2v) is 19.5. The van der Waals surface area contributed by atoms with Crippen molar-refractivity contribution >= 4 is 33.2 Å². The van der Waals surface area contributed by atoms with E-state index in [2.05, 4.69) is 50.6 Å². The average Bonchev–Trinajstić information content (AvgIpc) is 3.28. The van der Waals surface area contributed by atoms with E-state index in [1.807, 2.05) is 25.1 Å². The number of methoxy groups -OCH3 is 1. The molecule has 3 fully saturated rings. The van der Waals surface area contributed by atoms with Crippen LogP contribution in [0.25, 0.3) is 0 Å². The van der Waals surface area contributed by atoms with Crippen LogP contribution in [-0.2, 0) is 36.1 Å². The number of hydrogen-bond acceptors (Lipinski definition) is 10. The summed E-state index contributed by atoms with van der Waals surface area (Å²) in [6, 6.07) is 12.2. The average molecular weight is 811 g/mol. The molecule has 0 radical (unpaired) electrons. The molecule has 56 heavy (non-hydrogen) atoms. The van der Waals surface area contributed by atoms with Crippen LogP contribution in [0.1, 0.15) is 67.4 Å². The highest BCUT2D eigenvalue weighted by Gasteiger charge is 2.50. The predicted molar refractivity (Wildman–Crippen MR) is 218 cm³/mol. The monoisotopic (exact) mass is 810 g/mol. The van der Waals surface area contributed by atoms with Crippen LogP contribution in [0.3, 0.4) is 0 Å². The predicted octanol–water partition coefficient (Wildman–Crippen LogP) is 5.30. The van der Waals surface area contributed by atoms with Gasteiger partial charge in [0.15, 0.2) is 0 Å². The van der Waals surface area contributed by atoms with Gasteiger partial charge in [-0.3, -0.25) is 14.6 Å². The summed E-state index contributed by atoms with van der Waals surface area (Å²) in [6.45, 7) is 12.9. The number of benzene rings is 2. The lowest BCUT2D eigenvalue weighted by Gasteiger charge is -2.53. The molecule has 0 aromatic heterocycles. The molecule has 2 aromatic carbocycles. The van der Waals surface area contributed by atoms with E-state index in [4.69, 9.17) is 30.5 Å². The maximum atomic E-state index is 14.0. The number of anilines is 1. The van der Waals surface area contributed by atoms with Crippen LogP contribution in [0, 0.1) is 17.8 Å². The van der Waals surface area contributed by atoms with Crippen LogP contribution in [0.15, 0.2) is 48.6 Å². The lowest BCUT2D eigenvalue weighted by atomic mass is 9.63. The SMILES string of the molecule is CCO[C@]1(CN2CCN(C3COC3)CC2)/C=C/C[C@H](C)[C@@H](COC)S(=O)(=O)NC(=O)c2ccc3c(c2)N(C[C@@H]2CC[C@H]21)C[C@@]1(CCCc2cc(Cl)ccc21)CO3. The van der Waals surface area contributed by atoms with Gasteiger partial charge >= 0.3 is 0 Å². The van der Waals surface area contributed by atoms with Gasteiger partial charge in [0, 0.05) is 75.5 Å². The zero-order valence-corrected chi connectivity index (χ0v) is 34.8. The summed E-state index contributed by atoms with van der Waals surface area (Å²) in [7, 11) is -2.61. The number of allylic oxidation sites excluding steroid dienone is 1. The quantitative estimate of drug-likeness (QED) is 0.371. The Kier molecular flexibility index (Phi) is 11.8. The van der Waals surface area contributed by atoms with Crippen LogP contribution in [0.4, 0.5) is 5.69 Å². The van der Waals surface area contributed by atoms with Gasteiger partial charge in [-0.15, -0.1) is 0 Å². The van der Waals surface area contributed by atoms with Crippen molar-refractivity contribution in [2.24, 2.45) is 17.8 Å². The Balaban J connectivity index is 1.19. The maximum Gasteiger partial charge on any atom is 0.264 e. The molecule has 1 amide bonds. The molecule has 2 bridgehead atoms. The van der Waals surface area contributed by atoms with Crippen LogP contribution in [0.2, 0.25) is 5.02 Å². The Labute approximate surface area is 338 Å². The largest absolute Gasteiger partial charge is 0.490 e. The van der Waals surface area contributed by atoms with Crippen molar-refractivity contribution in [2.45, 2.75) is 74.7 Å². The van der Waals surface area contributed by atoms with E-state index in [1.54, 1.807) is 6.07 Å². The first-order chi connectivity index (χ1) is 27.0. The summed E-state index contributed by atoms with van der Waals surface area (Å²) in [5.74, 6) is 0.291. The lowest BCUT2D eigenvalue weighted by molar-refractivity contribution is -0.119. The summed E-state index contributed by atoms with van der Waals surface area (Å²) < 4.78 is 55.1. The van der Waals surface area contributed by atoms with E-state index >= 15 is 0 Å². The van der Waals surface area contributed by atoms with E-state index in [0.717, 1.165) is 95.3 Å². The highest BCUT2D eigenvalue weighted by atomic mass is 35.5. The molecule has 4 heterocycles. The Morgan fingerprint density at radius 2 is 1.89 bits per heavy atom. The topological polar surface area (TPSA) is 110 Å². The summed E-state index contributed by atoms with van der Waals surface area (Å²) in [5, 5.41) is -0.191. The minimum Gasteiger partial charge on any atom is -0.490 e. The molecule has 2 saturated heterocycles. The number of carbonyl (C=O) groups excluding carboxylic acids is 1. The number of fused-ring (bicyclic) bond motifs is 4. The van der Waals surface area contributed by atoms with E-state index in [9.17, 15) is 13.2 Å². The molecule has 13 heteroatoms. The van der Waals surface area contributed by atoms with Crippen molar-refractivity contribution in [3.8, 4) is 5.75 Å². The van der Waals surface area contributed by atoms with Crippen LogP contribution in [-0.4, -0.2) is 127 Å². The Hall–Kier alpha value is -2.71. The van der Waals surface area contributed by atoms with Crippen molar-refractivity contribution in [1.29, 1.82) is 0 Å². The first-order valence-electron chi connectivity index (χ1n) is 20.7. The molecule has 2 aliphatic carbocycles. The number of sulfonamides is 1. The van der Waals surface area contributed by atoms with Crippen LogP contribution < -0.4 is 14.4 Å². The number of hydrogen-bond donors (Lipinski definition) is 1. The van der Waals surface area contributed by atoms with E-state index in [0.29, 0.717) is 43.9 Å². The van der Waals surface area contributed by atoms with Crippen molar-refractivity contribution in [1.82, 2.24) is 14.5 Å². The van der Waals surface area contributed by atoms with E-state index in [1.165, 1.54) is 18.2 Å². The Morgan fingerprint density at radius 1 is 1.07 bits per heavy atom. The molecule has 4 aliphatic heterocycles. The normalized spacial score (nSPS) is 33.2. The van der Waals surface area contributed by atoms with Gasteiger partial charge in [0.05, 0.1) is 38.2 Å². The fourth-order valence-corrected chi connectivity index (χ4v) is 12.2. The molecular formula is C43H59ClN4O7S. The number of ether oxygens (including phenoxy) is 4. The van der Waals surface area contributed by atoms with Gasteiger partial charge in [0.1, 0.15) is 16.6 Å². The second kappa shape index (κ2) is 16.5. The molecule has 11 nitrogen and oxygen atoms in total. The summed E-state index contributed by atoms with van der Waals surface area (Å²) in [4.78, 5) is 21.4. The van der Waals surface area contributed by atoms with E-state index in [-0.39, 0.29) is 29.4 Å². The van der Waals surface area contributed by atoms with Gasteiger partial charge in [0.2, 0.25) is 10.0 Å². The summed E-state index contributed by atoms with van der Waals surface area (Å²) in [6.07, 6.45) is 9.99. The number of amides is 1. The molecule has 2 aromatic rings. The van der Waals surface area contributed by atoms with Gasteiger partial charge in [0.25, 0.3) is 5.91 Å². The fourth-order valence-electron chi connectivity index (χ4n) is 10.4. The molecule has 306 valence electrons. The maximum absolute atomic E-state index is 14.0. The molecular weight excluding hydrogens is 752 g/mol. The van der Waals surface area contributed by atoms with Gasteiger partial charge in [-0.25, -0.2) is 13.1 Å². The van der Waals surface area contributed by atoms with Gasteiger partial charge in [-0.2, -0.15) is 0 Å². The number of aryl methyl sites for hydroxylation is 1. The number of rotatable bonds is 7. The van der Waals surface area contributed by atoms with Crippen molar-refractivity contribution in [3.05, 3.63) is 70.3 Å². The first kappa shape index (κ1) is 40.1. The zero-order chi connectivity index (χ0) is 39.1. The zero-order valence-electron chi connectivity index (χ0n) is 33.2. The molecule has 1 saturated carbocycles. The van der Waals surface area contributed by atoms with Crippen molar-refractivity contribution in [2.75, 3.05) is 90.9 Å². The highest BCUT2D eigenvalue weighted by Crippen LogP contribution is 2.49. The number of nitrogens with one attached hydrogen (secondary N) is 1. The molecule has 0 unspecified atom stereocenters. The third-order valence-corrected chi connectivity index (χ3v) is 15.8. The third-order valence-electron chi connectivity index (χ3n) is 13.7. The lowest BCUT2D eigenvalue weighted by Crippen LogP contribution is -2.61. The fraction of sp³-hybridized carbons (Fsp3) is 0.651. The van der Waals surface area contributed by atoms with Gasteiger partial charge in [-0.1, -0.05) is 36.7 Å². The van der Waals surface area contributed by atoms with Gasteiger partial charge < -0.3 is 23.8 Å². The molecule has 1 N–H and O–H groups in total. The molecule has 6 aliphatic rings. The first-order valence-corrected chi connectivity index (χ1v) is 22.7. The van der Waals surface area contributed by atoms with Crippen molar-refractivity contribution in [3.63, 3.8) is 0 Å². The highest BCUT2D eigenvalue weighted by molar-refractivity contribution is 7.90. The second-order valence-electron chi connectivity index (χ2n) is 17.2. The Bertz CT molecular complexity index is 1880. The number of piperazine rings is 1. The van der Waals surface area contributed by atoms with Crippen LogP contribution in [0.5, 0.6) is 5.75 Å². The smallest absolute Gasteiger partial charge is 0.264 e. The number of halogens is 1. The standard InChI is InChI=1S/C43H59ClN4O7S/c1-4-55-43(28-46-17-19-47(20-18-46)35-24-53-25-35)16-5-7-30(2)40(26-52-3)56(50,51)45-41(49)32-10-14-39-38(22-32)48(23-33-9-12-37(33)43)27-42(29-54-39)15-6-8-31-21-34(44)11-13-36(31)42/h5,10-11,13-14,16,21-22,30,33,35,37,40H,4,6-9,12,15,17-20,23-29H2,1-3H3,(H,45,49)/b16-5+/t30-,33-,37+,40+,42-,43-/m0/s1. The summed E-state index contributed by atoms with van der Waals surface area (Å²) in [5.41, 5.74) is 2.81. The molecule has 1 spiro atoms. The van der Waals surface area contributed by atoms with Gasteiger partial charge in [-0.05, 0) is 105 Å². The Morgan fingerprint density at radius 3 is 2.61 bits per heavy atom. The number of carbonyl (C=O) groups is 1.